The summed E-state index contributed by atoms with van der Waals surface area (Å²) in [6.07, 6.45) is -2.34. The van der Waals surface area contributed by atoms with Gasteiger partial charge in [0.15, 0.2) is 0 Å². The maximum absolute atomic E-state index is 12.4. The van der Waals surface area contributed by atoms with E-state index in [1.165, 1.54) is 6.07 Å². The van der Waals surface area contributed by atoms with Crippen molar-refractivity contribution in [2.24, 2.45) is 5.92 Å². The molecule has 2 rings (SSSR count). The predicted octanol–water partition coefficient (Wildman–Crippen LogP) is 2.40. The SMILES string of the molecule is O=C(O)[C@H]1CCCN(c2ccc(C(F)(F)F)cn2)C1. The standard InChI is InChI=1S/C12H13F3N2O2/c13-12(14,15)9-3-4-10(16-6-9)17-5-1-2-8(7-17)11(18)19/h3-4,6,8H,1-2,5,7H2,(H,18,19)/t8-/m0/s1. The fourth-order valence-corrected chi connectivity index (χ4v) is 2.13. The van der Waals surface area contributed by atoms with E-state index < -0.39 is 23.6 Å². The van der Waals surface area contributed by atoms with Crippen molar-refractivity contribution in [3.63, 3.8) is 0 Å². The maximum atomic E-state index is 12.4. The number of carbonyl (C=O) groups is 1. The van der Waals surface area contributed by atoms with Crippen LogP contribution in [0.4, 0.5) is 19.0 Å². The Balaban J connectivity index is 2.12. The number of hydrogen-bond acceptors (Lipinski definition) is 3. The Morgan fingerprint density at radius 1 is 1.42 bits per heavy atom. The van der Waals surface area contributed by atoms with Crippen LogP contribution in [0.15, 0.2) is 18.3 Å². The van der Waals surface area contributed by atoms with Crippen LogP contribution in [0.25, 0.3) is 0 Å². The fraction of sp³-hybridized carbons (Fsp3) is 0.500. The highest BCUT2D eigenvalue weighted by Gasteiger charge is 2.31. The molecule has 0 unspecified atom stereocenters. The van der Waals surface area contributed by atoms with E-state index >= 15 is 0 Å². The van der Waals surface area contributed by atoms with Gasteiger partial charge in [-0.2, -0.15) is 13.2 Å². The first-order valence-electron chi connectivity index (χ1n) is 5.89. The van der Waals surface area contributed by atoms with E-state index in [9.17, 15) is 18.0 Å². The third kappa shape index (κ3) is 3.15. The number of aromatic nitrogens is 1. The molecule has 2 heterocycles. The molecule has 19 heavy (non-hydrogen) atoms. The van der Waals surface area contributed by atoms with Crippen molar-refractivity contribution in [2.75, 3.05) is 18.0 Å². The molecule has 1 aliphatic rings. The summed E-state index contributed by atoms with van der Waals surface area (Å²) in [5, 5.41) is 8.96. The number of aliphatic carboxylic acids is 1. The van der Waals surface area contributed by atoms with E-state index in [4.69, 9.17) is 5.11 Å². The quantitative estimate of drug-likeness (QED) is 0.899. The normalized spacial score (nSPS) is 20.4. The molecule has 1 atom stereocenters. The third-order valence-electron chi connectivity index (χ3n) is 3.17. The zero-order valence-electron chi connectivity index (χ0n) is 10.0. The van der Waals surface area contributed by atoms with Gasteiger partial charge in [-0.25, -0.2) is 4.98 Å². The van der Waals surface area contributed by atoms with E-state index in [0.29, 0.717) is 25.2 Å². The van der Waals surface area contributed by atoms with Gasteiger partial charge in [0, 0.05) is 19.3 Å². The maximum Gasteiger partial charge on any atom is 0.417 e. The van der Waals surface area contributed by atoms with Crippen molar-refractivity contribution in [1.29, 1.82) is 0 Å². The van der Waals surface area contributed by atoms with Gasteiger partial charge in [0.05, 0.1) is 11.5 Å². The van der Waals surface area contributed by atoms with Crippen LogP contribution in [-0.4, -0.2) is 29.1 Å². The number of piperidine rings is 1. The lowest BCUT2D eigenvalue weighted by Crippen LogP contribution is -2.39. The van der Waals surface area contributed by atoms with Gasteiger partial charge >= 0.3 is 12.1 Å². The number of anilines is 1. The summed E-state index contributed by atoms with van der Waals surface area (Å²) in [6.45, 7) is 0.899. The molecular weight excluding hydrogens is 261 g/mol. The predicted molar refractivity (Wildman–Crippen MR) is 61.8 cm³/mol. The van der Waals surface area contributed by atoms with Crippen LogP contribution in [0, 0.1) is 5.92 Å². The van der Waals surface area contributed by atoms with Crippen molar-refractivity contribution in [3.8, 4) is 0 Å². The first kappa shape index (κ1) is 13.6. The van der Waals surface area contributed by atoms with Crippen molar-refractivity contribution >= 4 is 11.8 Å². The molecule has 1 fully saturated rings. The summed E-state index contributed by atoms with van der Waals surface area (Å²) < 4.78 is 37.2. The summed E-state index contributed by atoms with van der Waals surface area (Å²) in [4.78, 5) is 16.4. The second-order valence-electron chi connectivity index (χ2n) is 4.53. The number of rotatable bonds is 2. The molecule has 0 aromatic carbocycles. The molecule has 0 aliphatic carbocycles. The van der Waals surface area contributed by atoms with Crippen molar-refractivity contribution in [2.45, 2.75) is 19.0 Å². The lowest BCUT2D eigenvalue weighted by atomic mass is 9.98. The Hall–Kier alpha value is -1.79. The van der Waals surface area contributed by atoms with Crippen molar-refractivity contribution < 1.29 is 23.1 Å². The molecule has 0 bridgehead atoms. The summed E-state index contributed by atoms with van der Waals surface area (Å²) in [5.74, 6) is -0.978. The number of alkyl halides is 3. The van der Waals surface area contributed by atoms with Gasteiger partial charge in [-0.15, -0.1) is 0 Å². The zero-order chi connectivity index (χ0) is 14.0. The minimum absolute atomic E-state index is 0.285. The van der Waals surface area contributed by atoms with Gasteiger partial charge in [0.25, 0.3) is 0 Å². The molecule has 1 aromatic heterocycles. The van der Waals surface area contributed by atoms with Crippen molar-refractivity contribution in [3.05, 3.63) is 23.9 Å². The molecule has 0 spiro atoms. The van der Waals surface area contributed by atoms with Crippen LogP contribution < -0.4 is 4.90 Å². The number of nitrogens with zero attached hydrogens (tertiary/aromatic N) is 2. The Morgan fingerprint density at radius 2 is 2.16 bits per heavy atom. The summed E-state index contributed by atoms with van der Waals surface area (Å²) in [6, 6.07) is 2.25. The number of halogens is 3. The molecule has 1 N–H and O–H groups in total. The average molecular weight is 274 g/mol. The number of carboxylic acids is 1. The molecule has 1 aliphatic heterocycles. The van der Waals surface area contributed by atoms with E-state index in [-0.39, 0.29) is 6.54 Å². The molecule has 0 saturated carbocycles. The lowest BCUT2D eigenvalue weighted by Gasteiger charge is -2.31. The third-order valence-corrected chi connectivity index (χ3v) is 3.17. The van der Waals surface area contributed by atoms with Gasteiger partial charge in [-0.1, -0.05) is 0 Å². The average Bonchev–Trinajstić information content (AvgIpc) is 2.38. The van der Waals surface area contributed by atoms with Crippen LogP contribution >= 0.6 is 0 Å². The number of pyridine rings is 1. The van der Waals surface area contributed by atoms with Crippen LogP contribution in [0.3, 0.4) is 0 Å². The highest BCUT2D eigenvalue weighted by atomic mass is 19.4. The molecule has 7 heteroatoms. The van der Waals surface area contributed by atoms with Gasteiger partial charge in [0.2, 0.25) is 0 Å². The highest BCUT2D eigenvalue weighted by Crippen LogP contribution is 2.30. The molecular formula is C12H13F3N2O2. The Bertz CT molecular complexity index is 459. The summed E-state index contributed by atoms with van der Waals surface area (Å²) in [7, 11) is 0. The Morgan fingerprint density at radius 3 is 2.68 bits per heavy atom. The lowest BCUT2D eigenvalue weighted by molar-refractivity contribution is -0.142. The summed E-state index contributed by atoms with van der Waals surface area (Å²) >= 11 is 0. The van der Waals surface area contributed by atoms with Crippen LogP contribution in [0.1, 0.15) is 18.4 Å². The molecule has 4 nitrogen and oxygen atoms in total. The molecule has 0 radical (unpaired) electrons. The first-order chi connectivity index (χ1) is 8.88. The van der Waals surface area contributed by atoms with Crippen LogP contribution in [-0.2, 0) is 11.0 Å². The Kier molecular flexibility index (Phi) is 3.64. The second kappa shape index (κ2) is 5.07. The van der Waals surface area contributed by atoms with E-state index in [2.05, 4.69) is 4.98 Å². The molecule has 1 aromatic rings. The highest BCUT2D eigenvalue weighted by molar-refractivity contribution is 5.71. The molecule has 0 amide bonds. The van der Waals surface area contributed by atoms with Crippen molar-refractivity contribution in [1.82, 2.24) is 4.98 Å². The topological polar surface area (TPSA) is 53.4 Å². The van der Waals surface area contributed by atoms with Crippen LogP contribution in [0.2, 0.25) is 0 Å². The number of hydrogen-bond donors (Lipinski definition) is 1. The first-order valence-corrected chi connectivity index (χ1v) is 5.89. The Labute approximate surface area is 107 Å². The minimum atomic E-state index is -4.41. The molecule has 1 saturated heterocycles. The second-order valence-corrected chi connectivity index (χ2v) is 4.53. The van der Waals surface area contributed by atoms with E-state index in [0.717, 1.165) is 12.3 Å². The monoisotopic (exact) mass is 274 g/mol. The van der Waals surface area contributed by atoms with Gasteiger partial charge < -0.3 is 10.0 Å². The van der Waals surface area contributed by atoms with Gasteiger partial charge in [-0.05, 0) is 25.0 Å². The number of carboxylic acid groups (broad SMARTS) is 1. The summed E-state index contributed by atoms with van der Waals surface area (Å²) in [5.41, 5.74) is -0.803. The fourth-order valence-electron chi connectivity index (χ4n) is 2.13. The van der Waals surface area contributed by atoms with Gasteiger partial charge in [0.1, 0.15) is 5.82 Å². The molecule has 104 valence electrons. The zero-order valence-corrected chi connectivity index (χ0v) is 10.0. The van der Waals surface area contributed by atoms with E-state index in [1.807, 2.05) is 0 Å². The minimum Gasteiger partial charge on any atom is -0.481 e. The van der Waals surface area contributed by atoms with Gasteiger partial charge in [-0.3, -0.25) is 4.79 Å². The smallest absolute Gasteiger partial charge is 0.417 e. The van der Waals surface area contributed by atoms with Crippen LogP contribution in [0.5, 0.6) is 0 Å². The van der Waals surface area contributed by atoms with E-state index in [1.54, 1.807) is 4.90 Å². The largest absolute Gasteiger partial charge is 0.481 e.